The number of benzene rings is 2. The average molecular weight is 343 g/mol. The number of halogens is 1. The lowest BCUT2D eigenvalue weighted by Crippen LogP contribution is -1.90. The van der Waals surface area contributed by atoms with E-state index in [4.69, 9.17) is 25.6 Å². The molecule has 2 aromatic carbocycles. The molecule has 0 spiro atoms. The van der Waals surface area contributed by atoms with Gasteiger partial charge in [-0.3, -0.25) is 0 Å². The van der Waals surface area contributed by atoms with Crippen molar-refractivity contribution < 1.29 is 14.0 Å². The number of ether oxygens (including phenoxy) is 2. The first kappa shape index (κ1) is 16.1. The summed E-state index contributed by atoms with van der Waals surface area (Å²) in [4.78, 5) is 4.34. The fourth-order valence-corrected chi connectivity index (χ4v) is 2.27. The van der Waals surface area contributed by atoms with E-state index in [1.165, 1.54) is 0 Å². The van der Waals surface area contributed by atoms with Crippen LogP contribution in [0.2, 0.25) is 5.02 Å². The summed E-state index contributed by atoms with van der Waals surface area (Å²) in [5, 5.41) is 4.63. The normalized spacial score (nSPS) is 11.0. The van der Waals surface area contributed by atoms with Gasteiger partial charge in [0.25, 0.3) is 5.89 Å². The number of hydrogen-bond donors (Lipinski definition) is 0. The molecule has 0 unspecified atom stereocenters. The van der Waals surface area contributed by atoms with Crippen molar-refractivity contribution in [3.63, 3.8) is 0 Å². The third-order valence-electron chi connectivity index (χ3n) is 3.37. The highest BCUT2D eigenvalue weighted by Gasteiger charge is 2.07. The Labute approximate surface area is 144 Å². The van der Waals surface area contributed by atoms with Crippen LogP contribution in [0, 0.1) is 0 Å². The average Bonchev–Trinajstić information content (AvgIpc) is 3.09. The molecule has 0 radical (unpaired) electrons. The van der Waals surface area contributed by atoms with E-state index in [1.54, 1.807) is 32.4 Å². The second-order valence-electron chi connectivity index (χ2n) is 4.91. The molecule has 0 fully saturated rings. The largest absolute Gasteiger partial charge is 0.493 e. The Morgan fingerprint density at radius 3 is 2.42 bits per heavy atom. The van der Waals surface area contributed by atoms with Crippen molar-refractivity contribution >= 4 is 23.8 Å². The predicted molar refractivity (Wildman–Crippen MR) is 93.2 cm³/mol. The van der Waals surface area contributed by atoms with Gasteiger partial charge in [-0.2, -0.15) is 4.98 Å². The van der Waals surface area contributed by atoms with Crippen LogP contribution in [0.3, 0.4) is 0 Å². The minimum atomic E-state index is 0.412. The zero-order valence-electron chi connectivity index (χ0n) is 13.2. The van der Waals surface area contributed by atoms with Crippen molar-refractivity contribution in [3.8, 4) is 22.9 Å². The summed E-state index contributed by atoms with van der Waals surface area (Å²) < 4.78 is 15.7. The van der Waals surface area contributed by atoms with Crippen LogP contribution in [0.25, 0.3) is 23.5 Å². The molecule has 0 amide bonds. The Bertz CT molecular complexity index is 857. The third-order valence-corrected chi connectivity index (χ3v) is 3.62. The Morgan fingerprint density at radius 2 is 1.71 bits per heavy atom. The molecule has 0 atom stereocenters. The van der Waals surface area contributed by atoms with Crippen molar-refractivity contribution in [2.24, 2.45) is 0 Å². The molecular formula is C18H15ClN2O3. The maximum Gasteiger partial charge on any atom is 0.250 e. The number of aromatic nitrogens is 2. The Kier molecular flexibility index (Phi) is 4.82. The third kappa shape index (κ3) is 3.58. The summed E-state index contributed by atoms with van der Waals surface area (Å²) in [7, 11) is 3.20. The molecule has 0 bridgehead atoms. The highest BCUT2D eigenvalue weighted by Crippen LogP contribution is 2.28. The summed E-state index contributed by atoms with van der Waals surface area (Å²) in [5.74, 6) is 2.26. The van der Waals surface area contributed by atoms with Crippen LogP contribution in [-0.2, 0) is 0 Å². The van der Waals surface area contributed by atoms with E-state index in [-0.39, 0.29) is 0 Å². The summed E-state index contributed by atoms with van der Waals surface area (Å²) in [6.07, 6.45) is 3.61. The second kappa shape index (κ2) is 7.19. The van der Waals surface area contributed by atoms with Gasteiger partial charge in [0.05, 0.1) is 14.2 Å². The molecule has 3 rings (SSSR count). The molecule has 0 saturated heterocycles. The standard InChI is InChI=1S/C18H15ClN2O3/c1-22-15-9-3-12(11-16(15)23-2)4-10-17-20-18(21-24-17)13-5-7-14(19)8-6-13/h3-11H,1-2H3/b10-4+. The van der Waals surface area contributed by atoms with Crippen molar-refractivity contribution in [2.75, 3.05) is 14.2 Å². The van der Waals surface area contributed by atoms with Gasteiger partial charge in [0.1, 0.15) is 0 Å². The summed E-state index contributed by atoms with van der Waals surface area (Å²) in [6, 6.07) is 12.9. The molecule has 6 heteroatoms. The Hall–Kier alpha value is -2.79. The number of methoxy groups -OCH3 is 2. The Morgan fingerprint density at radius 1 is 0.958 bits per heavy atom. The minimum absolute atomic E-state index is 0.412. The number of rotatable bonds is 5. The van der Waals surface area contributed by atoms with Crippen molar-refractivity contribution in [2.45, 2.75) is 0 Å². The van der Waals surface area contributed by atoms with Gasteiger partial charge in [-0.25, -0.2) is 0 Å². The van der Waals surface area contributed by atoms with E-state index in [1.807, 2.05) is 36.4 Å². The highest BCUT2D eigenvalue weighted by atomic mass is 35.5. The fourth-order valence-electron chi connectivity index (χ4n) is 2.14. The van der Waals surface area contributed by atoms with Gasteiger partial charge in [-0.15, -0.1) is 0 Å². The lowest BCUT2D eigenvalue weighted by atomic mass is 10.2. The first-order chi connectivity index (χ1) is 11.7. The minimum Gasteiger partial charge on any atom is -0.493 e. The molecule has 5 nitrogen and oxygen atoms in total. The van der Waals surface area contributed by atoms with Gasteiger partial charge in [-0.05, 0) is 48.0 Å². The molecule has 3 aromatic rings. The monoisotopic (exact) mass is 342 g/mol. The van der Waals surface area contributed by atoms with Crippen LogP contribution < -0.4 is 9.47 Å². The zero-order valence-corrected chi connectivity index (χ0v) is 13.9. The van der Waals surface area contributed by atoms with E-state index < -0.39 is 0 Å². The van der Waals surface area contributed by atoms with E-state index in [0.29, 0.717) is 28.2 Å². The molecule has 0 saturated carbocycles. The molecule has 0 aliphatic carbocycles. The van der Waals surface area contributed by atoms with E-state index in [9.17, 15) is 0 Å². The van der Waals surface area contributed by atoms with Crippen LogP contribution in [0.4, 0.5) is 0 Å². The van der Waals surface area contributed by atoms with Gasteiger partial charge < -0.3 is 14.0 Å². The second-order valence-corrected chi connectivity index (χ2v) is 5.35. The zero-order chi connectivity index (χ0) is 16.9. The molecule has 1 heterocycles. The molecule has 24 heavy (non-hydrogen) atoms. The van der Waals surface area contributed by atoms with Gasteiger partial charge in [0.15, 0.2) is 11.5 Å². The number of hydrogen-bond acceptors (Lipinski definition) is 5. The van der Waals surface area contributed by atoms with Gasteiger partial charge in [0, 0.05) is 16.7 Å². The number of nitrogens with zero attached hydrogens (tertiary/aromatic N) is 2. The SMILES string of the molecule is COc1ccc(/C=C/c2nc(-c3ccc(Cl)cc3)no2)cc1OC. The molecule has 1 aromatic heterocycles. The van der Waals surface area contributed by atoms with Crippen molar-refractivity contribution in [3.05, 3.63) is 58.9 Å². The molecule has 0 aliphatic rings. The maximum atomic E-state index is 5.87. The van der Waals surface area contributed by atoms with Gasteiger partial charge in [-0.1, -0.05) is 22.8 Å². The summed E-state index contributed by atoms with van der Waals surface area (Å²) >= 11 is 5.87. The lowest BCUT2D eigenvalue weighted by molar-refractivity contribution is 0.355. The van der Waals surface area contributed by atoms with Crippen LogP contribution in [-0.4, -0.2) is 24.4 Å². The Balaban J connectivity index is 1.79. The van der Waals surface area contributed by atoms with Crippen LogP contribution >= 0.6 is 11.6 Å². The molecular weight excluding hydrogens is 328 g/mol. The van der Waals surface area contributed by atoms with Crippen molar-refractivity contribution in [1.82, 2.24) is 10.1 Å². The smallest absolute Gasteiger partial charge is 0.250 e. The lowest BCUT2D eigenvalue weighted by Gasteiger charge is -2.07. The van der Waals surface area contributed by atoms with Crippen LogP contribution in [0.5, 0.6) is 11.5 Å². The maximum absolute atomic E-state index is 5.87. The molecule has 0 N–H and O–H groups in total. The van der Waals surface area contributed by atoms with Gasteiger partial charge in [0.2, 0.25) is 5.82 Å². The van der Waals surface area contributed by atoms with E-state index in [2.05, 4.69) is 10.1 Å². The summed E-state index contributed by atoms with van der Waals surface area (Å²) in [5.41, 5.74) is 1.77. The van der Waals surface area contributed by atoms with E-state index in [0.717, 1.165) is 11.1 Å². The van der Waals surface area contributed by atoms with Crippen LogP contribution in [0.1, 0.15) is 11.5 Å². The first-order valence-corrected chi connectivity index (χ1v) is 7.57. The first-order valence-electron chi connectivity index (χ1n) is 7.19. The topological polar surface area (TPSA) is 57.4 Å². The summed E-state index contributed by atoms with van der Waals surface area (Å²) in [6.45, 7) is 0. The predicted octanol–water partition coefficient (Wildman–Crippen LogP) is 4.58. The van der Waals surface area contributed by atoms with Crippen LogP contribution in [0.15, 0.2) is 47.0 Å². The fraction of sp³-hybridized carbons (Fsp3) is 0.111. The molecule has 0 aliphatic heterocycles. The highest BCUT2D eigenvalue weighted by molar-refractivity contribution is 6.30. The molecule has 122 valence electrons. The quantitative estimate of drug-likeness (QED) is 0.679. The van der Waals surface area contributed by atoms with Crippen molar-refractivity contribution in [1.29, 1.82) is 0 Å². The van der Waals surface area contributed by atoms with Gasteiger partial charge >= 0.3 is 0 Å². The van der Waals surface area contributed by atoms with E-state index >= 15 is 0 Å².